The van der Waals surface area contributed by atoms with Crippen LogP contribution in [-0.2, 0) is 15.6 Å². The molecule has 0 heterocycles. The average Bonchev–Trinajstić information content (AvgIpc) is 2.35. The molecule has 0 aliphatic carbocycles. The highest BCUT2D eigenvalue weighted by molar-refractivity contribution is 7.84. The number of aliphatic carboxylic acids is 1. The van der Waals surface area contributed by atoms with Gasteiger partial charge >= 0.3 is 12.0 Å². The second kappa shape index (κ2) is 7.64. The molecule has 2 unspecified atom stereocenters. The highest BCUT2D eigenvalue weighted by Gasteiger charge is 2.22. The van der Waals surface area contributed by atoms with Crippen LogP contribution in [0.5, 0.6) is 0 Å². The first-order chi connectivity index (χ1) is 9.40. The fourth-order valence-electron chi connectivity index (χ4n) is 1.72. The number of hydrogen-bond donors (Lipinski definition) is 3. The van der Waals surface area contributed by atoms with E-state index in [1.165, 1.54) is 0 Å². The first-order valence-corrected chi connectivity index (χ1v) is 7.77. The van der Waals surface area contributed by atoms with Crippen LogP contribution in [0.1, 0.15) is 18.5 Å². The summed E-state index contributed by atoms with van der Waals surface area (Å²) < 4.78 is 11.0. The summed E-state index contributed by atoms with van der Waals surface area (Å²) >= 11 is 0. The van der Waals surface area contributed by atoms with E-state index in [1.807, 2.05) is 0 Å². The van der Waals surface area contributed by atoms with E-state index in [0.717, 1.165) is 0 Å². The van der Waals surface area contributed by atoms with Gasteiger partial charge in [-0.25, -0.2) is 9.59 Å². The van der Waals surface area contributed by atoms with Crippen LogP contribution in [0.15, 0.2) is 30.3 Å². The molecule has 1 rings (SSSR count). The molecule has 3 atom stereocenters. The third kappa shape index (κ3) is 5.40. The van der Waals surface area contributed by atoms with Crippen LogP contribution in [0.25, 0.3) is 0 Å². The molecule has 6 nitrogen and oxygen atoms in total. The average molecular weight is 298 g/mol. The number of benzene rings is 1. The first-order valence-electron chi connectivity index (χ1n) is 6.05. The second-order valence-corrected chi connectivity index (χ2v) is 5.92. The monoisotopic (exact) mass is 298 g/mol. The van der Waals surface area contributed by atoms with Crippen molar-refractivity contribution in [2.24, 2.45) is 0 Å². The predicted octanol–water partition coefficient (Wildman–Crippen LogP) is 0.879. The summed E-state index contributed by atoms with van der Waals surface area (Å²) in [5.41, 5.74) is 0.488. The van der Waals surface area contributed by atoms with Crippen LogP contribution < -0.4 is 10.6 Å². The van der Waals surface area contributed by atoms with Crippen LogP contribution in [0.4, 0.5) is 4.79 Å². The van der Waals surface area contributed by atoms with Gasteiger partial charge in [-0.15, -0.1) is 0 Å². The molecule has 20 heavy (non-hydrogen) atoms. The number of urea groups is 1. The lowest BCUT2D eigenvalue weighted by molar-refractivity contribution is -0.139. The smallest absolute Gasteiger partial charge is 0.330 e. The van der Waals surface area contributed by atoms with E-state index < -0.39 is 28.8 Å². The van der Waals surface area contributed by atoms with E-state index in [9.17, 15) is 13.8 Å². The predicted molar refractivity (Wildman–Crippen MR) is 76.9 cm³/mol. The Morgan fingerprint density at radius 1 is 1.25 bits per heavy atom. The van der Waals surface area contributed by atoms with Gasteiger partial charge in [-0.2, -0.15) is 0 Å². The van der Waals surface area contributed by atoms with Crippen LogP contribution >= 0.6 is 0 Å². The maximum absolute atomic E-state index is 11.7. The summed E-state index contributed by atoms with van der Waals surface area (Å²) in [6, 6.07) is 6.41. The fourth-order valence-corrected chi connectivity index (χ4v) is 2.51. The molecule has 0 saturated carbocycles. The number of rotatable bonds is 6. The Morgan fingerprint density at radius 3 is 2.35 bits per heavy atom. The van der Waals surface area contributed by atoms with Gasteiger partial charge in [0.2, 0.25) is 0 Å². The molecule has 0 aliphatic rings. The molecule has 110 valence electrons. The molecule has 0 radical (unpaired) electrons. The molecule has 1 aromatic carbocycles. The third-order valence-electron chi connectivity index (χ3n) is 2.52. The Balaban J connectivity index is 2.65. The number of carbonyl (C=O) groups is 2. The Bertz CT molecular complexity index is 492. The number of carbonyl (C=O) groups excluding carboxylic acids is 1. The fraction of sp³-hybridized carbons (Fsp3) is 0.385. The standard InChI is InChI=1S/C13H18N2O4S/c1-9(8-20(2)19)14-13(18)15-11(12(16)17)10-6-4-3-5-7-10/h3-7,9,11H,8H2,1-2H3,(H,16,17)(H2,14,15,18)/t9?,11-,20?/m0/s1. The Labute approximate surface area is 120 Å². The van der Waals surface area contributed by atoms with Crippen molar-refractivity contribution in [2.45, 2.75) is 19.0 Å². The molecular weight excluding hydrogens is 280 g/mol. The number of amides is 2. The van der Waals surface area contributed by atoms with Gasteiger partial charge in [-0.05, 0) is 12.5 Å². The lowest BCUT2D eigenvalue weighted by Crippen LogP contribution is -2.45. The van der Waals surface area contributed by atoms with Gasteiger partial charge in [0.05, 0.1) is 0 Å². The van der Waals surface area contributed by atoms with Crippen molar-refractivity contribution < 1.29 is 18.9 Å². The summed E-state index contributed by atoms with van der Waals surface area (Å²) in [5.74, 6) is -0.825. The zero-order valence-corrected chi connectivity index (χ0v) is 12.1. The largest absolute Gasteiger partial charge is 0.479 e. The zero-order chi connectivity index (χ0) is 15.1. The van der Waals surface area contributed by atoms with Crippen molar-refractivity contribution in [1.82, 2.24) is 10.6 Å². The number of hydrogen-bond acceptors (Lipinski definition) is 3. The first kappa shape index (κ1) is 16.2. The van der Waals surface area contributed by atoms with Crippen LogP contribution in [-0.4, -0.2) is 39.4 Å². The van der Waals surface area contributed by atoms with Crippen LogP contribution in [0, 0.1) is 0 Å². The topological polar surface area (TPSA) is 95.5 Å². The Morgan fingerprint density at radius 2 is 1.85 bits per heavy atom. The van der Waals surface area contributed by atoms with Gasteiger partial charge in [-0.3, -0.25) is 4.21 Å². The number of carboxylic acid groups (broad SMARTS) is 1. The third-order valence-corrected chi connectivity index (χ3v) is 3.49. The van der Waals surface area contributed by atoms with E-state index in [1.54, 1.807) is 43.5 Å². The molecule has 0 aromatic heterocycles. The molecule has 0 aliphatic heterocycles. The van der Waals surface area contributed by atoms with Crippen molar-refractivity contribution in [3.8, 4) is 0 Å². The van der Waals surface area contributed by atoms with Gasteiger partial charge in [0, 0.05) is 28.9 Å². The van der Waals surface area contributed by atoms with Crippen molar-refractivity contribution in [2.75, 3.05) is 12.0 Å². The minimum atomic E-state index is -1.14. The molecule has 0 spiro atoms. The summed E-state index contributed by atoms with van der Waals surface area (Å²) in [6.45, 7) is 1.71. The summed E-state index contributed by atoms with van der Waals surface area (Å²) in [4.78, 5) is 22.9. The van der Waals surface area contributed by atoms with E-state index in [-0.39, 0.29) is 6.04 Å². The van der Waals surface area contributed by atoms with E-state index in [0.29, 0.717) is 11.3 Å². The van der Waals surface area contributed by atoms with Crippen molar-refractivity contribution in [1.29, 1.82) is 0 Å². The maximum Gasteiger partial charge on any atom is 0.330 e. The van der Waals surface area contributed by atoms with Crippen molar-refractivity contribution in [3.63, 3.8) is 0 Å². The van der Waals surface area contributed by atoms with Gasteiger partial charge in [0.15, 0.2) is 6.04 Å². The van der Waals surface area contributed by atoms with Crippen LogP contribution in [0.3, 0.4) is 0 Å². The lowest BCUT2D eigenvalue weighted by Gasteiger charge is -2.18. The van der Waals surface area contributed by atoms with Crippen molar-refractivity contribution in [3.05, 3.63) is 35.9 Å². The highest BCUT2D eigenvalue weighted by atomic mass is 32.2. The van der Waals surface area contributed by atoms with E-state index >= 15 is 0 Å². The van der Waals surface area contributed by atoms with Gasteiger partial charge in [0.1, 0.15) is 0 Å². The quantitative estimate of drug-likeness (QED) is 0.726. The SMILES string of the molecule is CC(CS(C)=O)NC(=O)N[C@H](C(=O)O)c1ccccc1. The van der Waals surface area contributed by atoms with Gasteiger partial charge in [-0.1, -0.05) is 30.3 Å². The van der Waals surface area contributed by atoms with E-state index in [4.69, 9.17) is 5.11 Å². The highest BCUT2D eigenvalue weighted by Crippen LogP contribution is 2.12. The second-order valence-electron chi connectivity index (χ2n) is 4.44. The zero-order valence-electron chi connectivity index (χ0n) is 11.3. The number of carboxylic acids is 1. The molecule has 0 fully saturated rings. The summed E-state index contributed by atoms with van der Waals surface area (Å²) in [7, 11) is -1.03. The molecule has 2 amide bonds. The molecule has 0 bridgehead atoms. The molecule has 7 heteroatoms. The molecular formula is C13H18N2O4S. The Hall–Kier alpha value is -1.89. The number of nitrogens with one attached hydrogen (secondary N) is 2. The van der Waals surface area contributed by atoms with E-state index in [2.05, 4.69) is 10.6 Å². The molecule has 0 saturated heterocycles. The summed E-state index contributed by atoms with van der Waals surface area (Å²) in [6.07, 6.45) is 1.54. The van der Waals surface area contributed by atoms with Gasteiger partial charge < -0.3 is 15.7 Å². The van der Waals surface area contributed by atoms with Gasteiger partial charge in [0.25, 0.3) is 0 Å². The Kier molecular flexibility index (Phi) is 6.17. The minimum Gasteiger partial charge on any atom is -0.479 e. The van der Waals surface area contributed by atoms with Crippen molar-refractivity contribution >= 4 is 22.8 Å². The maximum atomic E-state index is 11.7. The molecule has 1 aromatic rings. The minimum absolute atomic E-state index is 0.300. The van der Waals surface area contributed by atoms with Crippen LogP contribution in [0.2, 0.25) is 0 Å². The summed E-state index contributed by atoms with van der Waals surface area (Å²) in [5, 5.41) is 14.1. The normalized spacial score (nSPS) is 14.9. The molecule has 3 N–H and O–H groups in total. The lowest BCUT2D eigenvalue weighted by atomic mass is 10.1.